The molecular weight excluding hydrogens is 277 g/mol. The van der Waals surface area contributed by atoms with Crippen LogP contribution < -0.4 is 5.73 Å². The van der Waals surface area contributed by atoms with E-state index in [4.69, 9.17) is 5.73 Å². The summed E-state index contributed by atoms with van der Waals surface area (Å²) in [5.74, 6) is 0. The minimum absolute atomic E-state index is 0.168. The topological polar surface area (TPSA) is 73.0 Å². The fourth-order valence-electron chi connectivity index (χ4n) is 1.22. The third-order valence-electron chi connectivity index (χ3n) is 1.99. The molecule has 0 aliphatic heterocycles. The number of alkyl halides is 3. The minimum Gasteiger partial charge on any atom is -0.375 e. The van der Waals surface area contributed by atoms with Crippen molar-refractivity contribution >= 4 is 36.5 Å². The molecular formula is C8H5F3N2O2S2. The van der Waals surface area contributed by atoms with E-state index in [9.17, 15) is 21.6 Å². The Bertz CT molecular complexity index is 676. The van der Waals surface area contributed by atoms with Gasteiger partial charge in [-0.1, -0.05) is 11.3 Å². The number of thiazole rings is 1. The van der Waals surface area contributed by atoms with Crippen LogP contribution >= 0.6 is 11.3 Å². The second-order valence-electron chi connectivity index (χ2n) is 3.13. The summed E-state index contributed by atoms with van der Waals surface area (Å²) in [4.78, 5) is 3.01. The number of nitrogens with two attached hydrogens (primary N) is 1. The van der Waals surface area contributed by atoms with E-state index in [0.29, 0.717) is 10.2 Å². The molecule has 0 saturated heterocycles. The molecule has 2 aromatic rings. The van der Waals surface area contributed by atoms with Crippen molar-refractivity contribution in [2.45, 2.75) is 10.4 Å². The SMILES string of the molecule is Nc1nc2ccc(S(=O)(=O)C(F)(F)F)cc2s1. The first kappa shape index (κ1) is 12.1. The van der Waals surface area contributed by atoms with E-state index >= 15 is 0 Å². The van der Waals surface area contributed by atoms with Gasteiger partial charge in [0, 0.05) is 0 Å². The predicted octanol–water partition coefficient (Wildman–Crippen LogP) is 2.17. The number of anilines is 1. The summed E-state index contributed by atoms with van der Waals surface area (Å²) in [7, 11) is -5.32. The molecule has 9 heteroatoms. The number of sulfone groups is 1. The normalized spacial score (nSPS) is 13.1. The molecule has 2 N–H and O–H groups in total. The minimum atomic E-state index is -5.32. The Hall–Kier alpha value is -1.35. The highest BCUT2D eigenvalue weighted by molar-refractivity contribution is 7.92. The molecule has 0 amide bonds. The first-order valence-electron chi connectivity index (χ1n) is 4.19. The van der Waals surface area contributed by atoms with Gasteiger partial charge in [-0.05, 0) is 18.2 Å². The van der Waals surface area contributed by atoms with Crippen LogP contribution in [0, 0.1) is 0 Å². The Morgan fingerprint density at radius 2 is 1.94 bits per heavy atom. The van der Waals surface area contributed by atoms with Crippen molar-refractivity contribution in [3.8, 4) is 0 Å². The molecule has 1 aromatic carbocycles. The predicted molar refractivity (Wildman–Crippen MR) is 57.3 cm³/mol. The maximum atomic E-state index is 12.3. The molecule has 0 saturated carbocycles. The summed E-state index contributed by atoms with van der Waals surface area (Å²) in [5.41, 5.74) is 0.432. The number of aromatic nitrogens is 1. The third-order valence-corrected chi connectivity index (χ3v) is 4.32. The van der Waals surface area contributed by atoms with Gasteiger partial charge in [0.15, 0.2) is 5.13 Å². The van der Waals surface area contributed by atoms with Crippen molar-refractivity contribution in [2.75, 3.05) is 5.73 Å². The van der Waals surface area contributed by atoms with E-state index < -0.39 is 20.2 Å². The number of halogens is 3. The zero-order valence-corrected chi connectivity index (χ0v) is 9.66. The Morgan fingerprint density at radius 1 is 1.29 bits per heavy atom. The molecule has 0 radical (unpaired) electrons. The molecule has 0 spiro atoms. The second-order valence-corrected chi connectivity index (χ2v) is 6.13. The molecule has 0 aliphatic carbocycles. The Labute approximate surface area is 97.8 Å². The number of benzene rings is 1. The van der Waals surface area contributed by atoms with Gasteiger partial charge in [-0.3, -0.25) is 0 Å². The zero-order chi connectivity index (χ0) is 12.8. The summed E-state index contributed by atoms with van der Waals surface area (Å²) in [5, 5.41) is 0.168. The number of rotatable bonds is 1. The van der Waals surface area contributed by atoms with Gasteiger partial charge >= 0.3 is 5.51 Å². The lowest BCUT2D eigenvalue weighted by atomic mass is 10.3. The summed E-state index contributed by atoms with van der Waals surface area (Å²) < 4.78 is 59.5. The number of fused-ring (bicyclic) bond motifs is 1. The zero-order valence-electron chi connectivity index (χ0n) is 8.02. The van der Waals surface area contributed by atoms with Crippen molar-refractivity contribution in [2.24, 2.45) is 0 Å². The van der Waals surface area contributed by atoms with Gasteiger partial charge in [-0.15, -0.1) is 0 Å². The molecule has 0 aliphatic rings. The lowest BCUT2D eigenvalue weighted by molar-refractivity contribution is -0.0435. The standard InChI is InChI=1S/C8H5F3N2O2S2/c9-8(10,11)17(14,15)4-1-2-5-6(3-4)16-7(12)13-5/h1-3H,(H2,12,13). The quantitative estimate of drug-likeness (QED) is 0.870. The van der Waals surface area contributed by atoms with Gasteiger partial charge in [-0.2, -0.15) is 13.2 Å². The smallest absolute Gasteiger partial charge is 0.375 e. The van der Waals surface area contributed by atoms with E-state index in [-0.39, 0.29) is 5.13 Å². The lowest BCUT2D eigenvalue weighted by Crippen LogP contribution is -2.23. The van der Waals surface area contributed by atoms with Crippen molar-refractivity contribution in [3.05, 3.63) is 18.2 Å². The van der Waals surface area contributed by atoms with Crippen LogP contribution in [-0.2, 0) is 9.84 Å². The maximum Gasteiger partial charge on any atom is 0.501 e. The van der Waals surface area contributed by atoms with Gasteiger partial charge in [0.1, 0.15) is 0 Å². The molecule has 0 unspecified atom stereocenters. The second kappa shape index (κ2) is 3.57. The fourth-order valence-corrected chi connectivity index (χ4v) is 2.86. The van der Waals surface area contributed by atoms with Gasteiger partial charge in [0.2, 0.25) is 0 Å². The van der Waals surface area contributed by atoms with Crippen LogP contribution in [0.4, 0.5) is 18.3 Å². The van der Waals surface area contributed by atoms with Gasteiger partial charge < -0.3 is 5.73 Å². The fraction of sp³-hybridized carbons (Fsp3) is 0.125. The molecule has 0 fully saturated rings. The monoisotopic (exact) mass is 282 g/mol. The van der Waals surface area contributed by atoms with E-state index in [0.717, 1.165) is 23.5 Å². The molecule has 1 aromatic heterocycles. The average Bonchev–Trinajstić information content (AvgIpc) is 2.54. The van der Waals surface area contributed by atoms with Crippen LogP contribution in [0.2, 0.25) is 0 Å². The van der Waals surface area contributed by atoms with Gasteiger partial charge in [0.25, 0.3) is 9.84 Å². The molecule has 0 bridgehead atoms. The third kappa shape index (κ3) is 1.95. The summed E-state index contributed by atoms with van der Waals surface area (Å²) in [6, 6.07) is 2.98. The highest BCUT2D eigenvalue weighted by atomic mass is 32.2. The van der Waals surface area contributed by atoms with Crippen LogP contribution in [0.25, 0.3) is 10.2 Å². The van der Waals surface area contributed by atoms with Crippen molar-refractivity contribution < 1.29 is 21.6 Å². The highest BCUT2D eigenvalue weighted by Crippen LogP contribution is 2.33. The van der Waals surface area contributed by atoms with Gasteiger partial charge in [0.05, 0.1) is 15.1 Å². The van der Waals surface area contributed by atoms with E-state index in [1.165, 1.54) is 6.07 Å². The summed E-state index contributed by atoms with van der Waals surface area (Å²) in [6.45, 7) is 0. The Kier molecular flexibility index (Phi) is 2.54. The lowest BCUT2D eigenvalue weighted by Gasteiger charge is -2.07. The first-order valence-corrected chi connectivity index (χ1v) is 6.49. The first-order chi connectivity index (χ1) is 7.72. The van der Waals surface area contributed by atoms with E-state index in [1.807, 2.05) is 0 Å². The van der Waals surface area contributed by atoms with Gasteiger partial charge in [-0.25, -0.2) is 13.4 Å². The van der Waals surface area contributed by atoms with Crippen molar-refractivity contribution in [1.82, 2.24) is 4.98 Å². The summed E-state index contributed by atoms with van der Waals surface area (Å²) in [6.07, 6.45) is 0. The molecule has 4 nitrogen and oxygen atoms in total. The van der Waals surface area contributed by atoms with E-state index in [1.54, 1.807) is 0 Å². The average molecular weight is 282 g/mol. The summed E-state index contributed by atoms with van der Waals surface area (Å²) >= 11 is 0.928. The number of nitrogens with zero attached hydrogens (tertiary/aromatic N) is 1. The molecule has 2 rings (SSSR count). The number of nitrogen functional groups attached to an aromatic ring is 1. The van der Waals surface area contributed by atoms with E-state index in [2.05, 4.69) is 4.98 Å². The van der Waals surface area contributed by atoms with Crippen LogP contribution in [0.1, 0.15) is 0 Å². The van der Waals surface area contributed by atoms with Crippen molar-refractivity contribution in [1.29, 1.82) is 0 Å². The largest absolute Gasteiger partial charge is 0.501 e. The van der Waals surface area contributed by atoms with Crippen molar-refractivity contribution in [3.63, 3.8) is 0 Å². The maximum absolute atomic E-state index is 12.3. The highest BCUT2D eigenvalue weighted by Gasteiger charge is 2.46. The molecule has 17 heavy (non-hydrogen) atoms. The molecule has 92 valence electrons. The molecule has 0 atom stereocenters. The Morgan fingerprint density at radius 3 is 2.53 bits per heavy atom. The number of hydrogen-bond acceptors (Lipinski definition) is 5. The molecule has 1 heterocycles. The van der Waals surface area contributed by atoms with Crippen LogP contribution in [0.15, 0.2) is 23.1 Å². The van der Waals surface area contributed by atoms with Crippen LogP contribution in [0.3, 0.4) is 0 Å². The Balaban J connectivity index is 2.65. The van der Waals surface area contributed by atoms with Crippen LogP contribution in [-0.4, -0.2) is 18.9 Å². The number of hydrogen-bond donors (Lipinski definition) is 1. The van der Waals surface area contributed by atoms with Crippen LogP contribution in [0.5, 0.6) is 0 Å².